The van der Waals surface area contributed by atoms with Crippen LogP contribution in [0.3, 0.4) is 0 Å². The normalized spacial score (nSPS) is 39.2. The van der Waals surface area contributed by atoms with E-state index in [1.807, 2.05) is 0 Å². The van der Waals surface area contributed by atoms with Gasteiger partial charge in [0.2, 0.25) is 0 Å². The molecular formula is C19H28N4O2. The van der Waals surface area contributed by atoms with Gasteiger partial charge in [0.25, 0.3) is 5.91 Å². The Labute approximate surface area is 148 Å². The lowest BCUT2D eigenvalue weighted by Gasteiger charge is -2.70. The van der Waals surface area contributed by atoms with Crippen molar-refractivity contribution >= 4 is 11.7 Å². The third-order valence-corrected chi connectivity index (χ3v) is 6.54. The molecule has 4 saturated carbocycles. The molecule has 1 heterocycles. The van der Waals surface area contributed by atoms with Crippen molar-refractivity contribution in [1.82, 2.24) is 9.97 Å². The number of nitrogens with zero attached hydrogens (tertiary/aromatic N) is 2. The number of carbonyl (C=O) groups excluding carboxylic acids is 1. The van der Waals surface area contributed by atoms with Gasteiger partial charge in [0, 0.05) is 18.7 Å². The van der Waals surface area contributed by atoms with Crippen molar-refractivity contribution in [1.29, 1.82) is 0 Å². The molecule has 1 aromatic rings. The molecule has 4 N–H and O–H groups in total. The number of nitrogens with one attached hydrogen (secondary N) is 1. The van der Waals surface area contributed by atoms with Crippen LogP contribution in [-0.4, -0.2) is 33.1 Å². The smallest absolute Gasteiger partial charge is 0.254 e. The maximum Gasteiger partial charge on any atom is 0.254 e. The maximum absolute atomic E-state index is 11.7. The van der Waals surface area contributed by atoms with Crippen LogP contribution in [0.2, 0.25) is 0 Å². The van der Waals surface area contributed by atoms with E-state index in [0.717, 1.165) is 25.1 Å². The van der Waals surface area contributed by atoms with Gasteiger partial charge in [0.1, 0.15) is 11.6 Å². The summed E-state index contributed by atoms with van der Waals surface area (Å²) >= 11 is 0. The first-order valence-corrected chi connectivity index (χ1v) is 9.38. The van der Waals surface area contributed by atoms with Gasteiger partial charge in [0.15, 0.2) is 0 Å². The van der Waals surface area contributed by atoms with Crippen LogP contribution in [0.25, 0.3) is 0 Å². The minimum absolute atomic E-state index is 0.112. The highest BCUT2D eigenvalue weighted by molar-refractivity contribution is 5.97. The molecular weight excluding hydrogens is 316 g/mol. The van der Waals surface area contributed by atoms with Crippen LogP contribution in [-0.2, 0) is 6.42 Å². The summed E-state index contributed by atoms with van der Waals surface area (Å²) in [4.78, 5) is 20.8. The molecule has 5 rings (SSSR count). The zero-order valence-electron chi connectivity index (χ0n) is 15.1. The number of aromatic nitrogens is 2. The molecule has 3 atom stereocenters. The van der Waals surface area contributed by atoms with Crippen molar-refractivity contribution in [2.24, 2.45) is 22.5 Å². The van der Waals surface area contributed by atoms with E-state index in [-0.39, 0.29) is 12.1 Å². The van der Waals surface area contributed by atoms with Gasteiger partial charge in [-0.25, -0.2) is 9.97 Å². The molecule has 0 saturated heterocycles. The minimum Gasteiger partial charge on any atom is -0.393 e. The third kappa shape index (κ3) is 3.01. The molecule has 6 nitrogen and oxygen atoms in total. The maximum atomic E-state index is 11.7. The standard InChI is InChI=1S/C19H28N4O2/c1-11-3-4-12(5-14(11)24)22-17-13(16(20)25)7-21-15(23-17)6-19-8-18(2,9-19)10-19/h7,11-12,14,24H,3-6,8-10H2,1-2H3,(H2,20,25)(H,21,22,23)/t11-,12-,14-,18?,19?/m1/s1. The minimum atomic E-state index is -0.517. The lowest BCUT2D eigenvalue weighted by atomic mass is 9.35. The summed E-state index contributed by atoms with van der Waals surface area (Å²) in [5.74, 6) is 1.12. The molecule has 0 aromatic carbocycles. The number of anilines is 1. The number of aliphatic hydroxyl groups excluding tert-OH is 1. The fourth-order valence-electron chi connectivity index (χ4n) is 5.50. The predicted molar refractivity (Wildman–Crippen MR) is 95.1 cm³/mol. The van der Waals surface area contributed by atoms with Crippen molar-refractivity contribution in [2.45, 2.75) is 70.9 Å². The van der Waals surface area contributed by atoms with Gasteiger partial charge in [-0.15, -0.1) is 0 Å². The molecule has 0 unspecified atom stereocenters. The van der Waals surface area contributed by atoms with Gasteiger partial charge in [-0.2, -0.15) is 0 Å². The summed E-state index contributed by atoms with van der Waals surface area (Å²) in [6.45, 7) is 4.41. The average molecular weight is 344 g/mol. The van der Waals surface area contributed by atoms with E-state index in [9.17, 15) is 9.90 Å². The van der Waals surface area contributed by atoms with E-state index < -0.39 is 5.91 Å². The van der Waals surface area contributed by atoms with E-state index in [4.69, 9.17) is 5.73 Å². The first kappa shape index (κ1) is 16.8. The summed E-state index contributed by atoms with van der Waals surface area (Å²) in [7, 11) is 0. The number of aliphatic hydroxyl groups is 1. The van der Waals surface area contributed by atoms with Gasteiger partial charge < -0.3 is 16.2 Å². The fraction of sp³-hybridized carbons (Fsp3) is 0.737. The highest BCUT2D eigenvalue weighted by atomic mass is 16.3. The summed E-state index contributed by atoms with van der Waals surface area (Å²) < 4.78 is 0. The van der Waals surface area contributed by atoms with Gasteiger partial charge in [0.05, 0.1) is 11.7 Å². The third-order valence-electron chi connectivity index (χ3n) is 6.54. The molecule has 0 radical (unpaired) electrons. The van der Waals surface area contributed by atoms with Crippen molar-refractivity contribution in [3.8, 4) is 0 Å². The second-order valence-electron chi connectivity index (χ2n) is 9.13. The summed E-state index contributed by atoms with van der Waals surface area (Å²) in [6.07, 6.45) is 8.49. The van der Waals surface area contributed by atoms with Gasteiger partial charge in [-0.1, -0.05) is 13.8 Å². The van der Waals surface area contributed by atoms with E-state index in [1.54, 1.807) is 6.20 Å². The zero-order valence-corrected chi connectivity index (χ0v) is 15.1. The molecule has 1 amide bonds. The van der Waals surface area contributed by atoms with Crippen LogP contribution in [0, 0.1) is 16.7 Å². The van der Waals surface area contributed by atoms with E-state index in [2.05, 4.69) is 29.1 Å². The van der Waals surface area contributed by atoms with Gasteiger partial charge in [-0.3, -0.25) is 4.79 Å². The number of amides is 1. The molecule has 6 heteroatoms. The molecule has 0 spiro atoms. The van der Waals surface area contributed by atoms with Crippen LogP contribution in [0.1, 0.15) is 68.6 Å². The van der Waals surface area contributed by atoms with Crippen molar-refractivity contribution in [3.63, 3.8) is 0 Å². The topological polar surface area (TPSA) is 101 Å². The van der Waals surface area contributed by atoms with Crippen molar-refractivity contribution in [2.75, 3.05) is 5.32 Å². The van der Waals surface area contributed by atoms with Crippen LogP contribution >= 0.6 is 0 Å². The van der Waals surface area contributed by atoms with Crippen LogP contribution in [0.4, 0.5) is 5.82 Å². The Bertz CT molecular complexity index is 685. The summed E-state index contributed by atoms with van der Waals surface area (Å²) in [6, 6.07) is 0.112. The average Bonchev–Trinajstić information content (AvgIpc) is 2.48. The highest BCUT2D eigenvalue weighted by Gasteiger charge is 2.64. The molecule has 2 bridgehead atoms. The van der Waals surface area contributed by atoms with Crippen LogP contribution < -0.4 is 11.1 Å². The fourth-order valence-corrected chi connectivity index (χ4v) is 5.50. The summed E-state index contributed by atoms with van der Waals surface area (Å²) in [5.41, 5.74) is 6.78. The Morgan fingerprint density at radius 1 is 1.40 bits per heavy atom. The predicted octanol–water partition coefficient (Wildman–Crippen LogP) is 2.27. The Balaban J connectivity index is 1.50. The lowest BCUT2D eigenvalue weighted by Crippen LogP contribution is -2.60. The van der Waals surface area contributed by atoms with E-state index >= 15 is 0 Å². The number of hydrogen-bond acceptors (Lipinski definition) is 5. The highest BCUT2D eigenvalue weighted by Crippen LogP contribution is 2.73. The second kappa shape index (κ2) is 5.66. The Hall–Kier alpha value is -1.69. The Kier molecular flexibility index (Phi) is 3.79. The number of primary amides is 1. The quantitative estimate of drug-likeness (QED) is 0.760. The molecule has 1 aromatic heterocycles. The number of carbonyl (C=O) groups is 1. The first-order valence-electron chi connectivity index (χ1n) is 9.38. The van der Waals surface area contributed by atoms with Gasteiger partial charge in [-0.05, 0) is 55.3 Å². The first-order chi connectivity index (χ1) is 11.8. The SMILES string of the molecule is C[C@@H]1CC[C@@H](Nc2nc(CC34CC(C)(C3)C4)ncc2C(N)=O)C[C@H]1O. The molecule has 4 aliphatic carbocycles. The van der Waals surface area contributed by atoms with Crippen LogP contribution in [0.15, 0.2) is 6.20 Å². The number of hydrogen-bond donors (Lipinski definition) is 3. The number of rotatable bonds is 5. The van der Waals surface area contributed by atoms with Crippen molar-refractivity contribution in [3.05, 3.63) is 17.6 Å². The Morgan fingerprint density at radius 2 is 2.12 bits per heavy atom. The molecule has 25 heavy (non-hydrogen) atoms. The molecule has 4 fully saturated rings. The van der Waals surface area contributed by atoms with E-state index in [1.165, 1.54) is 19.3 Å². The largest absolute Gasteiger partial charge is 0.393 e. The monoisotopic (exact) mass is 344 g/mol. The van der Waals surface area contributed by atoms with Crippen molar-refractivity contribution < 1.29 is 9.90 Å². The van der Waals surface area contributed by atoms with Gasteiger partial charge >= 0.3 is 0 Å². The zero-order chi connectivity index (χ0) is 17.8. The van der Waals surface area contributed by atoms with E-state index in [0.29, 0.717) is 34.6 Å². The van der Waals surface area contributed by atoms with Crippen LogP contribution in [0.5, 0.6) is 0 Å². The Morgan fingerprint density at radius 3 is 2.72 bits per heavy atom. The number of nitrogens with two attached hydrogens (primary N) is 1. The molecule has 0 aliphatic heterocycles. The second-order valence-corrected chi connectivity index (χ2v) is 9.13. The molecule has 136 valence electrons. The summed E-state index contributed by atoms with van der Waals surface area (Å²) in [5, 5.41) is 13.5. The lowest BCUT2D eigenvalue weighted by molar-refractivity contribution is -0.190. The molecule has 4 aliphatic rings.